The van der Waals surface area contributed by atoms with Crippen LogP contribution in [0.15, 0.2) is 47.4 Å². The van der Waals surface area contributed by atoms with Crippen LogP contribution >= 0.6 is 11.3 Å². The Morgan fingerprint density at radius 1 is 1.10 bits per heavy atom. The van der Waals surface area contributed by atoms with Gasteiger partial charge in [-0.05, 0) is 48.9 Å². The molecule has 1 amide bonds. The summed E-state index contributed by atoms with van der Waals surface area (Å²) < 4.78 is 33.1. The fourth-order valence-corrected chi connectivity index (χ4v) is 4.39. The number of anilines is 2. The molecule has 0 spiro atoms. The summed E-state index contributed by atoms with van der Waals surface area (Å²) in [5, 5.41) is 11.9. The third kappa shape index (κ3) is 4.95. The number of hydrogen-bond acceptors (Lipinski definition) is 7. The van der Waals surface area contributed by atoms with Gasteiger partial charge in [-0.3, -0.25) is 14.8 Å². The number of aryl methyl sites for hydroxylation is 1. The minimum atomic E-state index is -3.88. The van der Waals surface area contributed by atoms with Crippen molar-refractivity contribution < 1.29 is 17.9 Å². The summed E-state index contributed by atoms with van der Waals surface area (Å²) in [5.74, 6) is 0.373. The maximum absolute atomic E-state index is 12.8. The van der Waals surface area contributed by atoms with Crippen LogP contribution in [0, 0.1) is 6.92 Å². The molecule has 3 rings (SSSR count). The Bertz CT molecular complexity index is 1160. The van der Waals surface area contributed by atoms with E-state index in [9.17, 15) is 13.2 Å². The van der Waals surface area contributed by atoms with Crippen molar-refractivity contribution >= 4 is 38.1 Å². The lowest BCUT2D eigenvalue weighted by molar-refractivity contribution is 0.102. The summed E-state index contributed by atoms with van der Waals surface area (Å²) in [6.07, 6.45) is 0. The van der Waals surface area contributed by atoms with Gasteiger partial charge in [0.2, 0.25) is 5.13 Å². The molecular formula is C20H22N4O4S2. The van der Waals surface area contributed by atoms with E-state index in [1.807, 2.05) is 13.8 Å². The van der Waals surface area contributed by atoms with Gasteiger partial charge in [0.05, 0.1) is 12.0 Å². The zero-order chi connectivity index (χ0) is 21.9. The maximum Gasteiger partial charge on any atom is 0.261 e. The number of benzene rings is 2. The Balaban J connectivity index is 1.82. The maximum atomic E-state index is 12.8. The highest BCUT2D eigenvalue weighted by atomic mass is 32.2. The number of hydrogen-bond donors (Lipinski definition) is 2. The fourth-order valence-electron chi connectivity index (χ4n) is 2.57. The molecular weight excluding hydrogens is 424 g/mol. The number of carbonyl (C=O) groups excluding carboxylic acids is 1. The van der Waals surface area contributed by atoms with Gasteiger partial charge in [-0.15, -0.1) is 10.2 Å². The van der Waals surface area contributed by atoms with E-state index >= 15 is 0 Å². The van der Waals surface area contributed by atoms with Crippen LogP contribution in [0.2, 0.25) is 0 Å². The zero-order valence-corrected chi connectivity index (χ0v) is 18.6. The summed E-state index contributed by atoms with van der Waals surface area (Å²) in [4.78, 5) is 12.7. The molecule has 0 aliphatic carbocycles. The topological polar surface area (TPSA) is 110 Å². The molecule has 1 heterocycles. The van der Waals surface area contributed by atoms with Gasteiger partial charge in [-0.2, -0.15) is 0 Å². The van der Waals surface area contributed by atoms with Crippen molar-refractivity contribution in [2.75, 3.05) is 17.1 Å². The molecule has 30 heavy (non-hydrogen) atoms. The van der Waals surface area contributed by atoms with Crippen LogP contribution in [0.25, 0.3) is 0 Å². The zero-order valence-electron chi connectivity index (χ0n) is 17.0. The Hall–Kier alpha value is -2.98. The van der Waals surface area contributed by atoms with Crippen LogP contribution in [-0.4, -0.2) is 31.6 Å². The van der Waals surface area contributed by atoms with Crippen LogP contribution < -0.4 is 14.8 Å². The van der Waals surface area contributed by atoms with Crippen molar-refractivity contribution in [2.45, 2.75) is 31.6 Å². The predicted molar refractivity (Wildman–Crippen MR) is 117 cm³/mol. The van der Waals surface area contributed by atoms with Crippen molar-refractivity contribution in [1.82, 2.24) is 10.2 Å². The number of nitrogens with one attached hydrogen (secondary N) is 2. The summed E-state index contributed by atoms with van der Waals surface area (Å²) in [6, 6.07) is 10.9. The van der Waals surface area contributed by atoms with E-state index < -0.39 is 15.9 Å². The van der Waals surface area contributed by atoms with Crippen molar-refractivity contribution in [3.63, 3.8) is 0 Å². The first-order valence-electron chi connectivity index (χ1n) is 9.12. The highest BCUT2D eigenvalue weighted by molar-refractivity contribution is 7.92. The number of aromatic nitrogens is 2. The molecule has 0 fully saturated rings. The lowest BCUT2D eigenvalue weighted by atomic mass is 10.1. The lowest BCUT2D eigenvalue weighted by Gasteiger charge is -2.11. The van der Waals surface area contributed by atoms with Gasteiger partial charge in [-0.25, -0.2) is 8.42 Å². The van der Waals surface area contributed by atoms with E-state index in [1.54, 1.807) is 37.3 Å². The summed E-state index contributed by atoms with van der Waals surface area (Å²) >= 11 is 1.29. The third-order valence-electron chi connectivity index (χ3n) is 4.26. The van der Waals surface area contributed by atoms with Crippen molar-refractivity contribution in [3.8, 4) is 5.75 Å². The van der Waals surface area contributed by atoms with Gasteiger partial charge >= 0.3 is 0 Å². The quantitative estimate of drug-likeness (QED) is 0.567. The molecule has 3 aromatic rings. The van der Waals surface area contributed by atoms with E-state index in [1.165, 1.54) is 30.6 Å². The molecule has 0 saturated heterocycles. The highest BCUT2D eigenvalue weighted by Crippen LogP contribution is 2.25. The van der Waals surface area contributed by atoms with Crippen LogP contribution in [0.5, 0.6) is 5.75 Å². The molecule has 0 radical (unpaired) electrons. The largest absolute Gasteiger partial charge is 0.497 e. The van der Waals surface area contributed by atoms with Crippen molar-refractivity contribution in [2.24, 2.45) is 0 Å². The van der Waals surface area contributed by atoms with Crippen molar-refractivity contribution in [1.29, 1.82) is 0 Å². The molecule has 0 aliphatic rings. The number of sulfonamides is 1. The monoisotopic (exact) mass is 446 g/mol. The van der Waals surface area contributed by atoms with Gasteiger partial charge in [-0.1, -0.05) is 31.3 Å². The average molecular weight is 447 g/mol. The molecule has 0 unspecified atom stereocenters. The van der Waals surface area contributed by atoms with Gasteiger partial charge < -0.3 is 4.74 Å². The first kappa shape index (κ1) is 21.7. The molecule has 8 nitrogen and oxygen atoms in total. The third-order valence-corrected chi connectivity index (χ3v) is 6.78. The van der Waals surface area contributed by atoms with Gasteiger partial charge in [0.25, 0.3) is 15.9 Å². The number of rotatable bonds is 7. The lowest BCUT2D eigenvalue weighted by Crippen LogP contribution is -2.17. The molecule has 0 bridgehead atoms. The normalized spacial score (nSPS) is 11.4. The molecule has 0 saturated carbocycles. The molecule has 0 aliphatic heterocycles. The highest BCUT2D eigenvalue weighted by Gasteiger charge is 2.19. The second kappa shape index (κ2) is 8.80. The van der Waals surface area contributed by atoms with Gasteiger partial charge in [0.15, 0.2) is 0 Å². The van der Waals surface area contributed by atoms with Gasteiger partial charge in [0, 0.05) is 17.2 Å². The van der Waals surface area contributed by atoms with E-state index in [2.05, 4.69) is 20.2 Å². The van der Waals surface area contributed by atoms with Crippen LogP contribution in [0.1, 0.15) is 40.7 Å². The van der Waals surface area contributed by atoms with Crippen molar-refractivity contribution in [3.05, 3.63) is 58.6 Å². The average Bonchev–Trinajstić information content (AvgIpc) is 3.17. The number of ether oxygens (including phenoxy) is 1. The van der Waals surface area contributed by atoms with Crippen LogP contribution in [0.4, 0.5) is 10.8 Å². The fraction of sp³-hybridized carbons (Fsp3) is 0.250. The minimum Gasteiger partial charge on any atom is -0.497 e. The number of amides is 1. The Morgan fingerprint density at radius 3 is 2.40 bits per heavy atom. The minimum absolute atomic E-state index is 0.0193. The predicted octanol–water partition coefficient (Wildman–Crippen LogP) is 4.03. The summed E-state index contributed by atoms with van der Waals surface area (Å²) in [5.41, 5.74) is 1.27. The van der Waals surface area contributed by atoms with E-state index in [4.69, 9.17) is 4.74 Å². The Morgan fingerprint density at radius 2 is 1.80 bits per heavy atom. The number of methoxy groups -OCH3 is 1. The first-order chi connectivity index (χ1) is 14.2. The summed E-state index contributed by atoms with van der Waals surface area (Å²) in [6.45, 7) is 5.71. The van der Waals surface area contributed by atoms with Gasteiger partial charge in [0.1, 0.15) is 10.8 Å². The molecule has 1 aromatic heterocycles. The SMILES string of the molecule is COc1ccc(NS(=O)(=O)c2ccc(C)c(C(=O)Nc3nnc(C(C)C)s3)c2)cc1. The number of nitrogens with zero attached hydrogens (tertiary/aromatic N) is 2. The Kier molecular flexibility index (Phi) is 6.37. The number of carbonyl (C=O) groups is 1. The first-order valence-corrected chi connectivity index (χ1v) is 11.4. The molecule has 2 aromatic carbocycles. The second-order valence-electron chi connectivity index (χ2n) is 6.87. The van der Waals surface area contributed by atoms with E-state index in [0.717, 1.165) is 5.01 Å². The van der Waals surface area contributed by atoms with Crippen LogP contribution in [0.3, 0.4) is 0 Å². The summed E-state index contributed by atoms with van der Waals surface area (Å²) in [7, 11) is -2.35. The molecule has 0 atom stereocenters. The molecule has 10 heteroatoms. The smallest absolute Gasteiger partial charge is 0.261 e. The van der Waals surface area contributed by atoms with E-state index in [0.29, 0.717) is 22.1 Å². The van der Waals surface area contributed by atoms with Crippen LogP contribution in [-0.2, 0) is 10.0 Å². The molecule has 2 N–H and O–H groups in total. The Labute approximate surface area is 179 Å². The molecule has 158 valence electrons. The standard InChI is InChI=1S/C20H22N4O4S2/c1-12(2)19-22-23-20(29-19)21-18(25)17-11-16(10-5-13(17)3)30(26,27)24-14-6-8-15(28-4)9-7-14/h5-12,24H,1-4H3,(H,21,23,25). The second-order valence-corrected chi connectivity index (χ2v) is 9.56. The van der Waals surface area contributed by atoms with E-state index in [-0.39, 0.29) is 16.4 Å².